The van der Waals surface area contributed by atoms with Gasteiger partial charge in [0, 0.05) is 37.1 Å². The molecular formula is C20H29N3O3S. The van der Waals surface area contributed by atoms with Gasteiger partial charge in [-0.05, 0) is 48.4 Å². The third kappa shape index (κ3) is 7.58. The van der Waals surface area contributed by atoms with E-state index in [0.717, 1.165) is 31.2 Å². The van der Waals surface area contributed by atoms with Gasteiger partial charge >= 0.3 is 0 Å². The summed E-state index contributed by atoms with van der Waals surface area (Å²) in [5.41, 5.74) is 1.20. The van der Waals surface area contributed by atoms with Crippen LogP contribution in [0.5, 0.6) is 5.75 Å². The van der Waals surface area contributed by atoms with E-state index >= 15 is 0 Å². The van der Waals surface area contributed by atoms with E-state index in [9.17, 15) is 0 Å². The zero-order chi connectivity index (χ0) is 19.3. The highest BCUT2D eigenvalue weighted by Gasteiger charge is 2.05. The Morgan fingerprint density at radius 2 is 1.81 bits per heavy atom. The molecule has 0 saturated carbocycles. The van der Waals surface area contributed by atoms with Crippen molar-refractivity contribution in [3.05, 3.63) is 41.3 Å². The van der Waals surface area contributed by atoms with Crippen molar-refractivity contribution in [2.45, 2.75) is 13.0 Å². The van der Waals surface area contributed by atoms with E-state index in [1.165, 1.54) is 15.3 Å². The fourth-order valence-corrected chi connectivity index (χ4v) is 3.35. The van der Waals surface area contributed by atoms with Crippen molar-refractivity contribution in [1.82, 2.24) is 10.6 Å². The van der Waals surface area contributed by atoms with Crippen molar-refractivity contribution in [1.29, 1.82) is 0 Å². The first kappa shape index (κ1) is 21.2. The molecule has 0 bridgehead atoms. The monoisotopic (exact) mass is 391 g/mol. The highest BCUT2D eigenvalue weighted by atomic mass is 32.1. The van der Waals surface area contributed by atoms with Gasteiger partial charge in [0.05, 0.1) is 26.9 Å². The first-order chi connectivity index (χ1) is 13.3. The SMILES string of the molecule is CN=C(NCCCOCCOC)NCc1ccc(-c2ccc(OC)cc2)s1. The van der Waals surface area contributed by atoms with Crippen molar-refractivity contribution in [2.24, 2.45) is 4.99 Å². The number of thiophene rings is 1. The minimum Gasteiger partial charge on any atom is -0.497 e. The van der Waals surface area contributed by atoms with Gasteiger partial charge in [-0.25, -0.2) is 0 Å². The number of guanidine groups is 1. The molecule has 148 valence electrons. The van der Waals surface area contributed by atoms with Crippen LogP contribution in [0.3, 0.4) is 0 Å². The van der Waals surface area contributed by atoms with Gasteiger partial charge in [0.15, 0.2) is 5.96 Å². The third-order valence-electron chi connectivity index (χ3n) is 3.88. The molecule has 0 aliphatic carbocycles. The standard InChI is InChI=1S/C20H29N3O3S/c1-21-20(22-11-4-12-26-14-13-24-2)23-15-18-9-10-19(27-18)16-5-7-17(25-3)8-6-16/h5-10H,4,11-15H2,1-3H3,(H2,21,22,23). The molecular weight excluding hydrogens is 362 g/mol. The second kappa shape index (κ2) is 12.3. The summed E-state index contributed by atoms with van der Waals surface area (Å²) < 4.78 is 15.6. The molecule has 2 rings (SSSR count). The Hall–Kier alpha value is -2.09. The van der Waals surface area contributed by atoms with Crippen molar-refractivity contribution >= 4 is 17.3 Å². The van der Waals surface area contributed by atoms with E-state index < -0.39 is 0 Å². The zero-order valence-electron chi connectivity index (χ0n) is 16.3. The van der Waals surface area contributed by atoms with Gasteiger partial charge in [0.2, 0.25) is 0 Å². The summed E-state index contributed by atoms with van der Waals surface area (Å²) in [5.74, 6) is 1.67. The maximum atomic E-state index is 5.45. The van der Waals surface area contributed by atoms with Crippen molar-refractivity contribution < 1.29 is 14.2 Å². The molecule has 7 heteroatoms. The number of hydrogen-bond acceptors (Lipinski definition) is 5. The summed E-state index contributed by atoms with van der Waals surface area (Å²) in [7, 11) is 5.13. The van der Waals surface area contributed by atoms with Gasteiger partial charge < -0.3 is 24.8 Å². The average molecular weight is 392 g/mol. The largest absolute Gasteiger partial charge is 0.497 e. The maximum Gasteiger partial charge on any atom is 0.191 e. The molecule has 0 aliphatic heterocycles. The van der Waals surface area contributed by atoms with Crippen molar-refractivity contribution in [3.63, 3.8) is 0 Å². The van der Waals surface area contributed by atoms with Gasteiger partial charge in [-0.3, -0.25) is 4.99 Å². The van der Waals surface area contributed by atoms with Crippen LogP contribution in [0, 0.1) is 0 Å². The fourth-order valence-electron chi connectivity index (χ4n) is 2.40. The molecule has 0 amide bonds. The quantitative estimate of drug-likeness (QED) is 0.350. The predicted octanol–water partition coefficient (Wildman–Crippen LogP) is 3.14. The van der Waals surface area contributed by atoms with Crippen LogP contribution in [0.15, 0.2) is 41.4 Å². The fraction of sp³-hybridized carbons (Fsp3) is 0.450. The number of aliphatic imine (C=N–C) groups is 1. The smallest absolute Gasteiger partial charge is 0.191 e. The molecule has 0 spiro atoms. The summed E-state index contributed by atoms with van der Waals surface area (Å²) in [4.78, 5) is 6.76. The summed E-state index contributed by atoms with van der Waals surface area (Å²) in [6, 6.07) is 12.4. The second-order valence-corrected chi connectivity index (χ2v) is 6.97. The number of nitrogens with zero attached hydrogens (tertiary/aromatic N) is 1. The van der Waals surface area contributed by atoms with Crippen LogP contribution in [0.25, 0.3) is 10.4 Å². The van der Waals surface area contributed by atoms with E-state index in [1.807, 2.05) is 12.1 Å². The molecule has 1 heterocycles. The van der Waals surface area contributed by atoms with Crippen LogP contribution < -0.4 is 15.4 Å². The average Bonchev–Trinajstić information content (AvgIpc) is 3.18. The van der Waals surface area contributed by atoms with E-state index in [-0.39, 0.29) is 0 Å². The van der Waals surface area contributed by atoms with E-state index in [2.05, 4.69) is 39.9 Å². The van der Waals surface area contributed by atoms with Crippen LogP contribution in [-0.2, 0) is 16.0 Å². The number of nitrogens with one attached hydrogen (secondary N) is 2. The number of ether oxygens (including phenoxy) is 3. The van der Waals surface area contributed by atoms with Gasteiger partial charge in [-0.2, -0.15) is 0 Å². The van der Waals surface area contributed by atoms with Crippen LogP contribution in [-0.4, -0.2) is 53.6 Å². The molecule has 1 aromatic carbocycles. The van der Waals surface area contributed by atoms with Crippen LogP contribution in [0.2, 0.25) is 0 Å². The Labute approximate surface area is 165 Å². The molecule has 2 aromatic rings. The number of benzene rings is 1. The third-order valence-corrected chi connectivity index (χ3v) is 5.01. The molecule has 0 saturated heterocycles. The van der Waals surface area contributed by atoms with E-state index in [4.69, 9.17) is 14.2 Å². The van der Waals surface area contributed by atoms with Crippen LogP contribution in [0.1, 0.15) is 11.3 Å². The molecule has 0 radical (unpaired) electrons. The summed E-state index contributed by atoms with van der Waals surface area (Å²) in [5, 5.41) is 6.65. The van der Waals surface area contributed by atoms with Crippen molar-refractivity contribution in [3.8, 4) is 16.2 Å². The minimum absolute atomic E-state index is 0.635. The Balaban J connectivity index is 1.72. The highest BCUT2D eigenvalue weighted by Crippen LogP contribution is 2.29. The number of methoxy groups -OCH3 is 2. The van der Waals surface area contributed by atoms with Crippen molar-refractivity contribution in [2.75, 3.05) is 47.6 Å². The molecule has 1 aromatic heterocycles. The molecule has 27 heavy (non-hydrogen) atoms. The molecule has 2 N–H and O–H groups in total. The zero-order valence-corrected chi connectivity index (χ0v) is 17.1. The first-order valence-corrected chi connectivity index (χ1v) is 9.82. The first-order valence-electron chi connectivity index (χ1n) is 9.01. The molecule has 0 unspecified atom stereocenters. The topological polar surface area (TPSA) is 64.1 Å². The summed E-state index contributed by atoms with van der Waals surface area (Å²) in [6.45, 7) is 3.54. The second-order valence-electron chi connectivity index (χ2n) is 5.81. The Morgan fingerprint density at radius 3 is 2.52 bits per heavy atom. The normalized spacial score (nSPS) is 11.4. The Kier molecular flexibility index (Phi) is 9.68. The van der Waals surface area contributed by atoms with Gasteiger partial charge in [-0.1, -0.05) is 0 Å². The molecule has 0 aliphatic rings. The molecule has 0 atom stereocenters. The van der Waals surface area contributed by atoms with Gasteiger partial charge in [0.1, 0.15) is 5.75 Å². The van der Waals surface area contributed by atoms with E-state index in [1.54, 1.807) is 32.6 Å². The van der Waals surface area contributed by atoms with E-state index in [0.29, 0.717) is 19.8 Å². The maximum absolute atomic E-state index is 5.45. The predicted molar refractivity (Wildman–Crippen MR) is 112 cm³/mol. The molecule has 0 fully saturated rings. The lowest BCUT2D eigenvalue weighted by molar-refractivity contribution is 0.0698. The lowest BCUT2D eigenvalue weighted by Crippen LogP contribution is -2.37. The number of hydrogen-bond donors (Lipinski definition) is 2. The number of rotatable bonds is 11. The highest BCUT2D eigenvalue weighted by molar-refractivity contribution is 7.15. The lowest BCUT2D eigenvalue weighted by atomic mass is 10.2. The van der Waals surface area contributed by atoms with Gasteiger partial charge in [-0.15, -0.1) is 11.3 Å². The Bertz CT molecular complexity index is 686. The summed E-state index contributed by atoms with van der Waals surface area (Å²) in [6.07, 6.45) is 0.922. The minimum atomic E-state index is 0.635. The lowest BCUT2D eigenvalue weighted by Gasteiger charge is -2.11. The van der Waals surface area contributed by atoms with Crippen LogP contribution >= 0.6 is 11.3 Å². The van der Waals surface area contributed by atoms with Crippen LogP contribution in [0.4, 0.5) is 0 Å². The molecule has 6 nitrogen and oxygen atoms in total. The summed E-state index contributed by atoms with van der Waals surface area (Å²) >= 11 is 1.77. The Morgan fingerprint density at radius 1 is 1.00 bits per heavy atom. The van der Waals surface area contributed by atoms with Gasteiger partial charge in [0.25, 0.3) is 0 Å².